The van der Waals surface area contributed by atoms with E-state index in [1.54, 1.807) is 59.0 Å². The first kappa shape index (κ1) is 20.3. The maximum Gasteiger partial charge on any atom is 0.241 e. The first-order valence-electron chi connectivity index (χ1n) is 8.63. The third-order valence-electron chi connectivity index (χ3n) is 4.09. The summed E-state index contributed by atoms with van der Waals surface area (Å²) in [6.07, 6.45) is 5.56. The van der Waals surface area contributed by atoms with Crippen LogP contribution < -0.4 is 10.0 Å². The quantitative estimate of drug-likeness (QED) is 0.544. The highest BCUT2D eigenvalue weighted by atomic mass is 32.2. The maximum atomic E-state index is 12.7. The fourth-order valence-electron chi connectivity index (χ4n) is 2.65. The molecule has 2 heterocycles. The van der Waals surface area contributed by atoms with Gasteiger partial charge in [-0.25, -0.2) is 17.9 Å². The molecular formula is C18H21N5O3S2. The minimum absolute atomic E-state index is 0.129. The molecule has 2 aromatic heterocycles. The number of rotatable bonds is 9. The second-order valence-corrected chi connectivity index (χ2v) is 8.72. The van der Waals surface area contributed by atoms with E-state index in [0.29, 0.717) is 17.8 Å². The summed E-state index contributed by atoms with van der Waals surface area (Å²) in [6.45, 7) is 0.211. The summed E-state index contributed by atoms with van der Waals surface area (Å²) in [5, 5.41) is 6.98. The fourth-order valence-corrected chi connectivity index (χ4v) is 4.38. The highest BCUT2D eigenvalue weighted by molar-refractivity contribution is 7.98. The molecule has 0 fully saturated rings. The van der Waals surface area contributed by atoms with Gasteiger partial charge in [0.15, 0.2) is 5.65 Å². The van der Waals surface area contributed by atoms with Gasteiger partial charge < -0.3 is 5.32 Å². The minimum Gasteiger partial charge on any atom is -0.349 e. The predicted octanol–water partition coefficient (Wildman–Crippen LogP) is 1.45. The van der Waals surface area contributed by atoms with Gasteiger partial charge in [-0.3, -0.25) is 4.79 Å². The molecule has 0 saturated heterocycles. The van der Waals surface area contributed by atoms with E-state index >= 15 is 0 Å². The minimum atomic E-state index is -3.79. The van der Waals surface area contributed by atoms with Crippen LogP contribution in [0.15, 0.2) is 59.8 Å². The number of carbonyl (C=O) groups excluding carboxylic acids is 1. The smallest absolute Gasteiger partial charge is 0.241 e. The number of aromatic nitrogens is 3. The van der Waals surface area contributed by atoms with Gasteiger partial charge in [0.2, 0.25) is 15.9 Å². The van der Waals surface area contributed by atoms with E-state index in [9.17, 15) is 13.2 Å². The van der Waals surface area contributed by atoms with E-state index in [1.165, 1.54) is 12.1 Å². The molecule has 0 saturated carbocycles. The van der Waals surface area contributed by atoms with Gasteiger partial charge in [0.25, 0.3) is 0 Å². The van der Waals surface area contributed by atoms with Crippen molar-refractivity contribution in [3.05, 3.63) is 60.6 Å². The summed E-state index contributed by atoms with van der Waals surface area (Å²) < 4.78 is 29.4. The lowest BCUT2D eigenvalue weighted by molar-refractivity contribution is -0.122. The van der Waals surface area contributed by atoms with Crippen molar-refractivity contribution in [3.8, 4) is 0 Å². The number of hydrogen-bond donors (Lipinski definition) is 2. The molecule has 0 aliphatic rings. The lowest BCUT2D eigenvalue weighted by Crippen LogP contribution is -2.46. The first-order valence-corrected chi connectivity index (χ1v) is 11.5. The Morgan fingerprint density at radius 1 is 1.18 bits per heavy atom. The van der Waals surface area contributed by atoms with Crippen LogP contribution in [0, 0.1) is 0 Å². The molecule has 2 N–H and O–H groups in total. The van der Waals surface area contributed by atoms with Gasteiger partial charge in [-0.1, -0.05) is 18.2 Å². The molecule has 3 rings (SSSR count). The Balaban J connectivity index is 1.72. The molecule has 1 atom stereocenters. The number of benzene rings is 1. The van der Waals surface area contributed by atoms with Crippen LogP contribution in [0.3, 0.4) is 0 Å². The van der Waals surface area contributed by atoms with Crippen LogP contribution in [0.5, 0.6) is 0 Å². The molecule has 0 aliphatic carbocycles. The van der Waals surface area contributed by atoms with Crippen molar-refractivity contribution in [1.29, 1.82) is 0 Å². The Bertz CT molecular complexity index is 1040. The van der Waals surface area contributed by atoms with E-state index in [1.807, 2.05) is 6.26 Å². The monoisotopic (exact) mass is 419 g/mol. The summed E-state index contributed by atoms with van der Waals surface area (Å²) >= 11 is 1.55. The van der Waals surface area contributed by atoms with Crippen LogP contribution in [0.1, 0.15) is 12.1 Å². The lowest BCUT2D eigenvalue weighted by Gasteiger charge is -2.18. The van der Waals surface area contributed by atoms with Crippen LogP contribution in [-0.2, 0) is 21.4 Å². The number of nitrogens with one attached hydrogen (secondary N) is 2. The molecular weight excluding hydrogens is 398 g/mol. The van der Waals surface area contributed by atoms with Crippen molar-refractivity contribution < 1.29 is 13.2 Å². The Labute approximate surface area is 167 Å². The molecule has 10 heteroatoms. The third kappa shape index (κ3) is 4.89. The van der Waals surface area contributed by atoms with Crippen LogP contribution >= 0.6 is 11.8 Å². The second-order valence-electron chi connectivity index (χ2n) is 6.02. The van der Waals surface area contributed by atoms with E-state index < -0.39 is 16.1 Å². The largest absolute Gasteiger partial charge is 0.349 e. The van der Waals surface area contributed by atoms with Crippen molar-refractivity contribution in [2.75, 3.05) is 12.0 Å². The van der Waals surface area contributed by atoms with Gasteiger partial charge in [-0.05, 0) is 36.6 Å². The Kier molecular flexibility index (Phi) is 6.65. The predicted molar refractivity (Wildman–Crippen MR) is 108 cm³/mol. The molecule has 1 aromatic carbocycles. The van der Waals surface area contributed by atoms with Crippen molar-refractivity contribution in [1.82, 2.24) is 24.6 Å². The zero-order valence-electron chi connectivity index (χ0n) is 15.3. The highest BCUT2D eigenvalue weighted by Crippen LogP contribution is 2.11. The molecule has 0 radical (unpaired) electrons. The number of carbonyl (C=O) groups is 1. The van der Waals surface area contributed by atoms with Crippen LogP contribution in [0.25, 0.3) is 5.65 Å². The van der Waals surface area contributed by atoms with Crippen LogP contribution in [0.4, 0.5) is 0 Å². The zero-order valence-corrected chi connectivity index (χ0v) is 16.9. The molecule has 1 amide bonds. The van der Waals surface area contributed by atoms with Crippen molar-refractivity contribution in [2.24, 2.45) is 0 Å². The number of hydrogen-bond acceptors (Lipinski definition) is 6. The van der Waals surface area contributed by atoms with Gasteiger partial charge in [0, 0.05) is 12.3 Å². The molecule has 0 bridgehead atoms. The van der Waals surface area contributed by atoms with Crippen molar-refractivity contribution >= 4 is 33.3 Å². The summed E-state index contributed by atoms with van der Waals surface area (Å²) in [5.74, 6) is 0.263. The standard InChI is InChI=1S/C18H21N5O3S2/c1-27-12-9-16(22-28(25,26)15-5-3-2-4-6-15)18(24)20-13-14-7-10-19-17-8-11-21-23(14)17/h2-8,10-11,16,22H,9,12-13H2,1H3,(H,20,24)/t16-/m1/s1. The Morgan fingerprint density at radius 3 is 2.71 bits per heavy atom. The maximum absolute atomic E-state index is 12.7. The molecule has 28 heavy (non-hydrogen) atoms. The highest BCUT2D eigenvalue weighted by Gasteiger charge is 2.25. The topological polar surface area (TPSA) is 105 Å². The van der Waals surface area contributed by atoms with Gasteiger partial charge >= 0.3 is 0 Å². The molecule has 8 nitrogen and oxygen atoms in total. The number of amides is 1. The average molecular weight is 420 g/mol. The van der Waals surface area contributed by atoms with Gasteiger partial charge in [-0.2, -0.15) is 21.6 Å². The second kappa shape index (κ2) is 9.18. The normalized spacial score (nSPS) is 12.8. The van der Waals surface area contributed by atoms with Gasteiger partial charge in [0.05, 0.1) is 23.3 Å². The Morgan fingerprint density at radius 2 is 1.96 bits per heavy atom. The summed E-state index contributed by atoms with van der Waals surface area (Å²) in [7, 11) is -3.79. The van der Waals surface area contributed by atoms with E-state index in [0.717, 1.165) is 5.69 Å². The van der Waals surface area contributed by atoms with Crippen LogP contribution in [0.2, 0.25) is 0 Å². The number of nitrogens with zero attached hydrogens (tertiary/aromatic N) is 3. The van der Waals surface area contributed by atoms with Crippen molar-refractivity contribution in [3.63, 3.8) is 0 Å². The molecule has 0 unspecified atom stereocenters. The molecule has 0 spiro atoms. The fraction of sp³-hybridized carbons (Fsp3) is 0.278. The van der Waals surface area contributed by atoms with Crippen LogP contribution in [-0.4, -0.2) is 47.0 Å². The summed E-state index contributed by atoms with van der Waals surface area (Å²) in [6, 6.07) is 10.7. The first-order chi connectivity index (χ1) is 13.5. The third-order valence-corrected chi connectivity index (χ3v) is 6.22. The molecule has 148 valence electrons. The van der Waals surface area contributed by atoms with E-state index in [4.69, 9.17) is 0 Å². The zero-order chi connectivity index (χ0) is 20.0. The molecule has 3 aromatic rings. The lowest BCUT2D eigenvalue weighted by atomic mass is 10.2. The van der Waals surface area contributed by atoms with E-state index in [2.05, 4.69) is 20.1 Å². The summed E-state index contributed by atoms with van der Waals surface area (Å²) in [5.41, 5.74) is 1.42. The number of fused-ring (bicyclic) bond motifs is 1. The van der Waals surface area contributed by atoms with Gasteiger partial charge in [0.1, 0.15) is 6.04 Å². The molecule has 0 aliphatic heterocycles. The van der Waals surface area contributed by atoms with Crippen molar-refractivity contribution in [2.45, 2.75) is 23.9 Å². The number of sulfonamides is 1. The summed E-state index contributed by atoms with van der Waals surface area (Å²) in [4.78, 5) is 17.0. The Hall–Kier alpha value is -2.43. The number of thioether (sulfide) groups is 1. The average Bonchev–Trinajstić information content (AvgIpc) is 3.19. The van der Waals surface area contributed by atoms with E-state index in [-0.39, 0.29) is 17.3 Å². The van der Waals surface area contributed by atoms with Gasteiger partial charge in [-0.15, -0.1) is 0 Å². The SMILES string of the molecule is CSCC[C@@H](NS(=O)(=O)c1ccccc1)C(=O)NCc1ccnc2ccnn12.